The van der Waals surface area contributed by atoms with Gasteiger partial charge in [-0.3, -0.25) is 4.98 Å². The van der Waals surface area contributed by atoms with Gasteiger partial charge in [0.25, 0.3) is 0 Å². The van der Waals surface area contributed by atoms with Gasteiger partial charge in [-0.05, 0) is 18.6 Å². The normalized spacial score (nSPS) is 23.6. The lowest BCUT2D eigenvalue weighted by Crippen LogP contribution is -2.35. The summed E-state index contributed by atoms with van der Waals surface area (Å²) in [6, 6.07) is 2.39. The fourth-order valence-corrected chi connectivity index (χ4v) is 4.69. The van der Waals surface area contributed by atoms with Crippen molar-refractivity contribution in [2.24, 2.45) is 0 Å². The standard InChI is InChI=1S/C9H12N2O4S2/c12-16(13)5-3-8(7-16)11-17(14,15)9-2-1-4-10-6-9/h1-2,4,6,8,11H,3,5,7H2. The van der Waals surface area contributed by atoms with Crippen LogP contribution in [0.15, 0.2) is 29.4 Å². The summed E-state index contributed by atoms with van der Waals surface area (Å²) >= 11 is 0. The van der Waals surface area contributed by atoms with Gasteiger partial charge in [-0.15, -0.1) is 0 Å². The van der Waals surface area contributed by atoms with Crippen molar-refractivity contribution in [1.29, 1.82) is 0 Å². The Labute approximate surface area is 100 Å². The zero-order valence-electron chi connectivity index (χ0n) is 8.90. The largest absolute Gasteiger partial charge is 0.263 e. The zero-order chi connectivity index (χ0) is 12.5. The highest BCUT2D eigenvalue weighted by molar-refractivity contribution is 7.92. The van der Waals surface area contributed by atoms with Crippen molar-refractivity contribution in [2.45, 2.75) is 17.4 Å². The molecule has 0 amide bonds. The molecule has 1 fully saturated rings. The molecule has 1 saturated heterocycles. The molecule has 2 heterocycles. The third-order valence-corrected chi connectivity index (χ3v) is 5.77. The molecule has 0 aromatic carbocycles. The predicted octanol–water partition coefficient (Wildman–Crippen LogP) is -0.453. The van der Waals surface area contributed by atoms with Gasteiger partial charge in [-0.25, -0.2) is 21.6 Å². The number of hydrogen-bond acceptors (Lipinski definition) is 5. The second-order valence-corrected chi connectivity index (χ2v) is 7.85. The summed E-state index contributed by atoms with van der Waals surface area (Å²) in [5.41, 5.74) is 0. The van der Waals surface area contributed by atoms with Gasteiger partial charge in [0, 0.05) is 18.4 Å². The molecule has 6 nitrogen and oxygen atoms in total. The van der Waals surface area contributed by atoms with Crippen molar-refractivity contribution in [3.05, 3.63) is 24.5 Å². The Morgan fingerprint density at radius 3 is 2.71 bits per heavy atom. The van der Waals surface area contributed by atoms with Crippen LogP contribution in [0.1, 0.15) is 6.42 Å². The van der Waals surface area contributed by atoms with E-state index in [1.165, 1.54) is 24.5 Å². The van der Waals surface area contributed by atoms with Gasteiger partial charge in [0.15, 0.2) is 9.84 Å². The van der Waals surface area contributed by atoms with E-state index in [9.17, 15) is 16.8 Å². The number of rotatable bonds is 3. The van der Waals surface area contributed by atoms with Crippen LogP contribution in [0.2, 0.25) is 0 Å². The molecular weight excluding hydrogens is 264 g/mol. The minimum atomic E-state index is -3.67. The Bertz CT molecular complexity index is 595. The minimum Gasteiger partial charge on any atom is -0.263 e. The van der Waals surface area contributed by atoms with Gasteiger partial charge >= 0.3 is 0 Å². The average Bonchev–Trinajstić information content (AvgIpc) is 2.58. The van der Waals surface area contributed by atoms with E-state index in [0.717, 1.165) is 0 Å². The summed E-state index contributed by atoms with van der Waals surface area (Å²) in [6.07, 6.45) is 3.02. The van der Waals surface area contributed by atoms with E-state index in [0.29, 0.717) is 6.42 Å². The first-order valence-electron chi connectivity index (χ1n) is 5.02. The first kappa shape index (κ1) is 12.5. The molecule has 1 aliphatic rings. The lowest BCUT2D eigenvalue weighted by Gasteiger charge is -2.10. The van der Waals surface area contributed by atoms with Crippen LogP contribution in [-0.2, 0) is 19.9 Å². The van der Waals surface area contributed by atoms with Gasteiger partial charge < -0.3 is 0 Å². The minimum absolute atomic E-state index is 0.0349. The van der Waals surface area contributed by atoms with Gasteiger partial charge in [-0.1, -0.05) is 0 Å². The maximum absolute atomic E-state index is 11.9. The summed E-state index contributed by atoms with van der Waals surface area (Å²) in [5.74, 6) is -0.0975. The first-order valence-corrected chi connectivity index (χ1v) is 8.32. The molecule has 94 valence electrons. The van der Waals surface area contributed by atoms with Gasteiger partial charge in [-0.2, -0.15) is 0 Å². The summed E-state index contributed by atoms with van der Waals surface area (Å²) in [5, 5.41) is 0. The number of aromatic nitrogens is 1. The molecule has 2 rings (SSSR count). The van der Waals surface area contributed by atoms with Crippen molar-refractivity contribution in [2.75, 3.05) is 11.5 Å². The molecule has 1 atom stereocenters. The van der Waals surface area contributed by atoms with Crippen LogP contribution < -0.4 is 4.72 Å². The van der Waals surface area contributed by atoms with Gasteiger partial charge in [0.05, 0.1) is 11.5 Å². The smallest absolute Gasteiger partial charge is 0.242 e. The van der Waals surface area contributed by atoms with E-state index >= 15 is 0 Å². The van der Waals surface area contributed by atoms with Crippen LogP contribution in [0, 0.1) is 0 Å². The number of sulfonamides is 1. The van der Waals surface area contributed by atoms with Crippen molar-refractivity contribution in [3.8, 4) is 0 Å². The molecule has 0 bridgehead atoms. The molecule has 0 radical (unpaired) electrons. The molecule has 1 unspecified atom stereocenters. The van der Waals surface area contributed by atoms with Crippen molar-refractivity contribution in [3.63, 3.8) is 0 Å². The van der Waals surface area contributed by atoms with E-state index in [-0.39, 0.29) is 16.4 Å². The van der Waals surface area contributed by atoms with Crippen LogP contribution in [0.3, 0.4) is 0 Å². The van der Waals surface area contributed by atoms with E-state index in [1.807, 2.05) is 0 Å². The fraction of sp³-hybridized carbons (Fsp3) is 0.444. The Morgan fingerprint density at radius 2 is 2.18 bits per heavy atom. The molecule has 1 aromatic rings. The van der Waals surface area contributed by atoms with E-state index in [1.54, 1.807) is 0 Å². The van der Waals surface area contributed by atoms with E-state index in [4.69, 9.17) is 0 Å². The van der Waals surface area contributed by atoms with Crippen molar-refractivity contribution < 1.29 is 16.8 Å². The molecule has 1 aromatic heterocycles. The monoisotopic (exact) mass is 276 g/mol. The van der Waals surface area contributed by atoms with Crippen LogP contribution in [0.4, 0.5) is 0 Å². The van der Waals surface area contributed by atoms with Crippen LogP contribution in [0.5, 0.6) is 0 Å². The number of pyridine rings is 1. The third-order valence-electron chi connectivity index (χ3n) is 2.50. The molecule has 1 aliphatic heterocycles. The SMILES string of the molecule is O=S1(=O)CCC(NS(=O)(=O)c2cccnc2)C1. The van der Waals surface area contributed by atoms with Gasteiger partial charge in [0.1, 0.15) is 4.90 Å². The molecule has 17 heavy (non-hydrogen) atoms. The second kappa shape index (κ2) is 4.35. The predicted molar refractivity (Wildman–Crippen MR) is 61.6 cm³/mol. The number of nitrogens with zero attached hydrogens (tertiary/aromatic N) is 1. The Balaban J connectivity index is 2.15. The summed E-state index contributed by atoms with van der Waals surface area (Å²) < 4.78 is 48.5. The number of sulfone groups is 1. The second-order valence-electron chi connectivity index (χ2n) is 3.91. The molecule has 0 spiro atoms. The first-order chi connectivity index (χ1) is 7.89. The average molecular weight is 276 g/mol. The molecule has 0 saturated carbocycles. The highest BCUT2D eigenvalue weighted by atomic mass is 32.2. The third kappa shape index (κ3) is 3.02. The van der Waals surface area contributed by atoms with Crippen molar-refractivity contribution in [1.82, 2.24) is 9.71 Å². The van der Waals surface area contributed by atoms with E-state index in [2.05, 4.69) is 9.71 Å². The maximum atomic E-state index is 11.9. The topological polar surface area (TPSA) is 93.2 Å². The number of nitrogens with one attached hydrogen (secondary N) is 1. The van der Waals surface area contributed by atoms with Crippen molar-refractivity contribution >= 4 is 19.9 Å². The van der Waals surface area contributed by atoms with Crippen LogP contribution in [-0.4, -0.2) is 39.4 Å². The molecular formula is C9H12N2O4S2. The summed E-state index contributed by atoms with van der Waals surface area (Å²) in [7, 11) is -6.76. The van der Waals surface area contributed by atoms with Gasteiger partial charge in [0.2, 0.25) is 10.0 Å². The lowest BCUT2D eigenvalue weighted by atomic mass is 10.3. The lowest BCUT2D eigenvalue weighted by molar-refractivity contribution is 0.562. The number of hydrogen-bond donors (Lipinski definition) is 1. The summed E-state index contributed by atoms with van der Waals surface area (Å²) in [6.45, 7) is 0. The quantitative estimate of drug-likeness (QED) is 0.807. The zero-order valence-corrected chi connectivity index (χ0v) is 10.5. The summed E-state index contributed by atoms with van der Waals surface area (Å²) in [4.78, 5) is 3.76. The highest BCUT2D eigenvalue weighted by Gasteiger charge is 2.31. The molecule has 8 heteroatoms. The van der Waals surface area contributed by atoms with E-state index < -0.39 is 25.9 Å². The Morgan fingerprint density at radius 1 is 1.41 bits per heavy atom. The van der Waals surface area contributed by atoms with Crippen LogP contribution in [0.25, 0.3) is 0 Å². The highest BCUT2D eigenvalue weighted by Crippen LogP contribution is 2.14. The van der Waals surface area contributed by atoms with Crippen LogP contribution >= 0.6 is 0 Å². The Hall–Kier alpha value is -0.990. The fourth-order valence-electron chi connectivity index (χ4n) is 1.68. The molecule has 1 N–H and O–H groups in total. The Kier molecular flexibility index (Phi) is 3.19. The maximum Gasteiger partial charge on any atom is 0.242 e. The molecule has 0 aliphatic carbocycles.